The molecule has 3 rings (SSSR count). The van der Waals surface area contributed by atoms with Gasteiger partial charge in [-0.3, -0.25) is 14.9 Å². The van der Waals surface area contributed by atoms with Crippen molar-refractivity contribution in [3.63, 3.8) is 0 Å². The molecule has 3 aromatic rings. The Hall–Kier alpha value is -3.23. The lowest BCUT2D eigenvalue weighted by Crippen LogP contribution is -2.92. The molecule has 0 saturated carbocycles. The van der Waals surface area contributed by atoms with Crippen LogP contribution < -0.4 is 15.4 Å². The number of rotatable bonds is 8. The zero-order valence-electron chi connectivity index (χ0n) is 16.1. The first-order chi connectivity index (χ1) is 14.0. The van der Waals surface area contributed by atoms with Gasteiger partial charge in [-0.15, -0.1) is 11.3 Å². The molecule has 1 heterocycles. The Bertz CT molecular complexity index is 977. The van der Waals surface area contributed by atoms with Gasteiger partial charge in [0.25, 0.3) is 11.6 Å². The van der Waals surface area contributed by atoms with Gasteiger partial charge in [-0.1, -0.05) is 36.4 Å². The monoisotopic (exact) mass is 412 g/mol. The Morgan fingerprint density at radius 1 is 1.17 bits per heavy atom. The molecule has 150 valence electrons. The van der Waals surface area contributed by atoms with Crippen LogP contribution in [0.4, 0.5) is 11.4 Å². The minimum atomic E-state index is -0.507. The number of hydrogen-bond donors (Lipinski definition) is 2. The number of hydrogen-bond acceptors (Lipinski definition) is 5. The van der Waals surface area contributed by atoms with E-state index in [0.29, 0.717) is 5.75 Å². The molecule has 0 aliphatic heterocycles. The molecule has 2 aromatic carbocycles. The Balaban J connectivity index is 1.79. The molecular weight excluding hydrogens is 390 g/mol. The predicted octanol–water partition coefficient (Wildman–Crippen LogP) is 3.34. The fourth-order valence-electron chi connectivity index (χ4n) is 3.03. The van der Waals surface area contributed by atoms with Crippen LogP contribution in [0.2, 0.25) is 0 Å². The highest BCUT2D eigenvalue weighted by atomic mass is 32.1. The molecule has 0 aliphatic rings. The molecule has 0 radical (unpaired) electrons. The van der Waals surface area contributed by atoms with Gasteiger partial charge in [-0.05, 0) is 24.4 Å². The van der Waals surface area contributed by atoms with Gasteiger partial charge >= 0.3 is 0 Å². The molecule has 8 heteroatoms. The normalized spacial score (nSPS) is 12.8. The molecule has 3 N–H and O–H groups in total. The van der Waals surface area contributed by atoms with E-state index < -0.39 is 11.0 Å². The minimum Gasteiger partial charge on any atom is -0.495 e. The molecule has 0 unspecified atom stereocenters. The van der Waals surface area contributed by atoms with Crippen LogP contribution in [0, 0.1) is 10.1 Å². The third kappa shape index (κ3) is 4.98. The molecule has 0 fully saturated rings. The van der Waals surface area contributed by atoms with Crippen molar-refractivity contribution in [3.05, 3.63) is 86.6 Å². The summed E-state index contributed by atoms with van der Waals surface area (Å²) in [6.45, 7) is 1.81. The second-order valence-electron chi connectivity index (χ2n) is 6.52. The lowest BCUT2D eigenvalue weighted by Gasteiger charge is -2.20. The Morgan fingerprint density at radius 3 is 2.55 bits per heavy atom. The molecule has 7 nitrogen and oxygen atoms in total. The van der Waals surface area contributed by atoms with Gasteiger partial charge in [0.2, 0.25) is 0 Å². The second kappa shape index (κ2) is 9.31. The third-order valence-electron chi connectivity index (χ3n) is 4.55. The highest BCUT2D eigenvalue weighted by Crippen LogP contribution is 2.29. The zero-order chi connectivity index (χ0) is 20.8. The number of methoxy groups -OCH3 is 1. The first-order valence-electron chi connectivity index (χ1n) is 9.06. The van der Waals surface area contributed by atoms with Crippen molar-refractivity contribution in [2.24, 2.45) is 0 Å². The van der Waals surface area contributed by atoms with E-state index in [4.69, 9.17) is 4.74 Å². The van der Waals surface area contributed by atoms with Crippen LogP contribution in [0.1, 0.15) is 23.4 Å². The van der Waals surface area contributed by atoms with Crippen LogP contribution in [-0.2, 0) is 4.79 Å². The van der Waals surface area contributed by atoms with Crippen molar-refractivity contribution in [1.82, 2.24) is 0 Å². The van der Waals surface area contributed by atoms with Crippen LogP contribution in [0.15, 0.2) is 66.0 Å². The highest BCUT2D eigenvalue weighted by molar-refractivity contribution is 7.10. The van der Waals surface area contributed by atoms with E-state index in [2.05, 4.69) is 5.32 Å². The van der Waals surface area contributed by atoms with Gasteiger partial charge < -0.3 is 15.4 Å². The molecule has 0 aliphatic carbocycles. The second-order valence-corrected chi connectivity index (χ2v) is 7.50. The summed E-state index contributed by atoms with van der Waals surface area (Å²) in [4.78, 5) is 24.5. The number of benzene rings is 2. The summed E-state index contributed by atoms with van der Waals surface area (Å²) in [5.41, 5.74) is 1.26. The number of nitro groups is 1. The summed E-state index contributed by atoms with van der Waals surface area (Å²) in [5, 5.41) is 17.8. The predicted molar refractivity (Wildman–Crippen MR) is 112 cm³/mol. The van der Waals surface area contributed by atoms with Gasteiger partial charge in [0.05, 0.1) is 22.6 Å². The molecule has 0 spiro atoms. The van der Waals surface area contributed by atoms with E-state index in [1.165, 1.54) is 25.3 Å². The number of nitrogens with one attached hydrogen (secondary N) is 1. The number of nitro benzene ring substituents is 1. The number of nitrogens with two attached hydrogens (primary N) is 1. The van der Waals surface area contributed by atoms with Crippen molar-refractivity contribution >= 4 is 28.6 Å². The standard InChI is InChI=1S/C21H21N3O4S/c1-14(21(25)23-17-13-16(24(26)27)10-11-18(17)28-2)22-20(19-9-6-12-29-19)15-7-4-3-5-8-15/h3-14,20,22H,1-2H3,(H,23,25)/p+1/t14-,20+/m1/s1. The largest absolute Gasteiger partial charge is 0.495 e. The van der Waals surface area contributed by atoms with Crippen molar-refractivity contribution < 1.29 is 19.8 Å². The third-order valence-corrected chi connectivity index (χ3v) is 5.51. The summed E-state index contributed by atoms with van der Waals surface area (Å²) >= 11 is 1.64. The number of amides is 1. The van der Waals surface area contributed by atoms with Crippen LogP contribution in [0.3, 0.4) is 0 Å². The summed E-state index contributed by atoms with van der Waals surface area (Å²) in [7, 11) is 1.45. The lowest BCUT2D eigenvalue weighted by molar-refractivity contribution is -0.703. The van der Waals surface area contributed by atoms with Crippen LogP contribution in [0.25, 0.3) is 0 Å². The number of anilines is 1. The molecule has 1 aromatic heterocycles. The Morgan fingerprint density at radius 2 is 1.93 bits per heavy atom. The van der Waals surface area contributed by atoms with E-state index in [-0.39, 0.29) is 23.3 Å². The molecule has 0 bridgehead atoms. The average Bonchev–Trinajstić information content (AvgIpc) is 3.26. The lowest BCUT2D eigenvalue weighted by atomic mass is 10.0. The molecular formula is C21H22N3O4S+. The molecule has 1 amide bonds. The van der Waals surface area contributed by atoms with E-state index in [1.54, 1.807) is 11.3 Å². The fraction of sp³-hybridized carbons (Fsp3) is 0.190. The van der Waals surface area contributed by atoms with E-state index in [1.807, 2.05) is 60.1 Å². The summed E-state index contributed by atoms with van der Waals surface area (Å²) < 4.78 is 5.22. The van der Waals surface area contributed by atoms with Crippen molar-refractivity contribution in [1.29, 1.82) is 0 Å². The van der Waals surface area contributed by atoms with Gasteiger partial charge in [-0.25, -0.2) is 0 Å². The van der Waals surface area contributed by atoms with Crippen molar-refractivity contribution in [3.8, 4) is 5.75 Å². The number of non-ortho nitro benzene ring substituents is 1. The Labute approximate surface area is 172 Å². The maximum atomic E-state index is 12.8. The van der Waals surface area contributed by atoms with Gasteiger partial charge in [-0.2, -0.15) is 0 Å². The van der Waals surface area contributed by atoms with Crippen molar-refractivity contribution in [2.45, 2.75) is 19.0 Å². The summed E-state index contributed by atoms with van der Waals surface area (Å²) in [6, 6.07) is 17.7. The maximum absolute atomic E-state index is 12.8. The zero-order valence-corrected chi connectivity index (χ0v) is 16.9. The van der Waals surface area contributed by atoms with Crippen LogP contribution in [-0.4, -0.2) is 24.0 Å². The highest BCUT2D eigenvalue weighted by Gasteiger charge is 2.26. The minimum absolute atomic E-state index is 0.0241. The number of ether oxygens (including phenoxy) is 1. The quantitative estimate of drug-likeness (QED) is 0.438. The fourth-order valence-corrected chi connectivity index (χ4v) is 3.86. The topological polar surface area (TPSA) is 98.1 Å². The van der Waals surface area contributed by atoms with E-state index >= 15 is 0 Å². The average molecular weight is 412 g/mol. The number of carbonyl (C=O) groups is 1. The Kier molecular flexibility index (Phi) is 6.58. The molecule has 0 saturated heterocycles. The molecule has 2 atom stereocenters. The van der Waals surface area contributed by atoms with Crippen LogP contribution in [0.5, 0.6) is 5.75 Å². The first-order valence-corrected chi connectivity index (χ1v) is 9.94. The SMILES string of the molecule is COc1ccc([N+](=O)[O-])cc1NC(=O)[C@@H](C)[NH2+][C@@H](c1ccccc1)c1cccs1. The van der Waals surface area contributed by atoms with Gasteiger partial charge in [0.1, 0.15) is 11.8 Å². The van der Waals surface area contributed by atoms with Gasteiger partial charge in [0, 0.05) is 17.7 Å². The van der Waals surface area contributed by atoms with E-state index in [0.717, 1.165) is 10.4 Å². The maximum Gasteiger partial charge on any atom is 0.282 e. The smallest absolute Gasteiger partial charge is 0.282 e. The number of quaternary nitrogens is 1. The molecule has 29 heavy (non-hydrogen) atoms. The number of carbonyl (C=O) groups excluding carboxylic acids is 1. The number of thiophene rings is 1. The van der Waals surface area contributed by atoms with Crippen molar-refractivity contribution in [2.75, 3.05) is 12.4 Å². The number of nitrogens with zero attached hydrogens (tertiary/aromatic N) is 1. The first kappa shape index (κ1) is 20.5. The van der Waals surface area contributed by atoms with Crippen LogP contribution >= 0.6 is 11.3 Å². The van der Waals surface area contributed by atoms with Gasteiger partial charge in [0.15, 0.2) is 6.04 Å². The van der Waals surface area contributed by atoms with E-state index in [9.17, 15) is 14.9 Å². The summed E-state index contributed by atoms with van der Waals surface area (Å²) in [5.74, 6) is 0.107. The summed E-state index contributed by atoms with van der Waals surface area (Å²) in [6.07, 6.45) is 0.